The molecular formula is C14H9Cl2N3O. The molecule has 0 amide bonds. The molecule has 0 fully saturated rings. The van der Waals surface area contributed by atoms with Gasteiger partial charge in [-0.15, -0.1) is 0 Å². The average Bonchev–Trinajstić information content (AvgIpc) is 2.48. The molecule has 2 aromatic heterocycles. The number of nitrogens with zero attached hydrogens (tertiary/aromatic N) is 3. The fourth-order valence-electron chi connectivity index (χ4n) is 1.93. The van der Waals surface area contributed by atoms with Gasteiger partial charge >= 0.3 is 0 Å². The smallest absolute Gasteiger partial charge is 0.274 e. The number of hydrogen-bond acceptors (Lipinski definition) is 3. The van der Waals surface area contributed by atoms with Crippen LogP contribution in [-0.2, 0) is 6.54 Å². The Balaban J connectivity index is 2.01. The maximum Gasteiger partial charge on any atom is 0.274 e. The summed E-state index contributed by atoms with van der Waals surface area (Å²) in [6, 6.07) is 11.6. The van der Waals surface area contributed by atoms with Crippen LogP contribution in [0.2, 0.25) is 10.2 Å². The largest absolute Gasteiger partial charge is 0.292 e. The first kappa shape index (κ1) is 13.1. The summed E-state index contributed by atoms with van der Waals surface area (Å²) in [4.78, 5) is 20.3. The summed E-state index contributed by atoms with van der Waals surface area (Å²) in [6.07, 6.45) is 1.37. The summed E-state index contributed by atoms with van der Waals surface area (Å²) in [7, 11) is 0. The van der Waals surface area contributed by atoms with E-state index in [2.05, 4.69) is 9.97 Å². The van der Waals surface area contributed by atoms with E-state index in [4.69, 9.17) is 23.2 Å². The van der Waals surface area contributed by atoms with Crippen LogP contribution in [0.15, 0.2) is 47.5 Å². The normalized spacial score (nSPS) is 10.9. The summed E-state index contributed by atoms with van der Waals surface area (Å²) < 4.78 is 1.38. The predicted octanol–water partition coefficient (Wildman–Crippen LogP) is 3.15. The Labute approximate surface area is 124 Å². The number of benzene rings is 1. The van der Waals surface area contributed by atoms with Gasteiger partial charge in [-0.05, 0) is 12.1 Å². The van der Waals surface area contributed by atoms with Crippen molar-refractivity contribution < 1.29 is 0 Å². The highest BCUT2D eigenvalue weighted by atomic mass is 35.5. The van der Waals surface area contributed by atoms with Crippen LogP contribution in [0.4, 0.5) is 0 Å². The molecule has 4 nitrogen and oxygen atoms in total. The third-order valence-electron chi connectivity index (χ3n) is 2.93. The van der Waals surface area contributed by atoms with Crippen molar-refractivity contribution in [1.29, 1.82) is 0 Å². The molecule has 0 unspecified atom stereocenters. The third-order valence-corrected chi connectivity index (χ3v) is 3.65. The van der Waals surface area contributed by atoms with Crippen LogP contribution in [0.1, 0.15) is 5.69 Å². The Morgan fingerprint density at radius 2 is 1.90 bits per heavy atom. The van der Waals surface area contributed by atoms with E-state index < -0.39 is 0 Å². The fraction of sp³-hybridized carbons (Fsp3) is 0.0714. The molecule has 0 spiro atoms. The fourth-order valence-corrected chi connectivity index (χ4v) is 2.21. The molecule has 20 heavy (non-hydrogen) atoms. The third kappa shape index (κ3) is 2.40. The van der Waals surface area contributed by atoms with E-state index >= 15 is 0 Å². The number of halogens is 2. The van der Waals surface area contributed by atoms with Crippen molar-refractivity contribution in [2.45, 2.75) is 6.54 Å². The van der Waals surface area contributed by atoms with Crippen molar-refractivity contribution in [1.82, 2.24) is 14.5 Å². The zero-order valence-corrected chi connectivity index (χ0v) is 11.8. The van der Waals surface area contributed by atoms with Crippen molar-refractivity contribution in [3.05, 3.63) is 68.9 Å². The van der Waals surface area contributed by atoms with Crippen LogP contribution in [0.5, 0.6) is 0 Å². The molecule has 1 aromatic carbocycles. The van der Waals surface area contributed by atoms with Crippen molar-refractivity contribution in [3.8, 4) is 0 Å². The Bertz CT molecular complexity index is 845. The van der Waals surface area contributed by atoms with Crippen LogP contribution in [0.25, 0.3) is 10.9 Å². The molecule has 3 aromatic rings. The molecule has 0 N–H and O–H groups in total. The SMILES string of the molecule is O=c1c(Cl)c(Cl)ncn1Cc1ccc2ccccc2n1. The second-order valence-corrected chi connectivity index (χ2v) is 5.01. The number of hydrogen-bond donors (Lipinski definition) is 0. The molecule has 0 aliphatic heterocycles. The summed E-state index contributed by atoms with van der Waals surface area (Å²) in [5.74, 6) is 0. The van der Waals surface area contributed by atoms with E-state index in [1.54, 1.807) is 0 Å². The second-order valence-electron chi connectivity index (χ2n) is 4.28. The first-order valence-electron chi connectivity index (χ1n) is 5.90. The molecule has 0 saturated carbocycles. The lowest BCUT2D eigenvalue weighted by Gasteiger charge is -2.06. The summed E-state index contributed by atoms with van der Waals surface area (Å²) in [5.41, 5.74) is 1.26. The van der Waals surface area contributed by atoms with Gasteiger partial charge in [0.05, 0.1) is 24.1 Å². The highest BCUT2D eigenvalue weighted by Crippen LogP contribution is 2.14. The number of para-hydroxylation sites is 1. The average molecular weight is 306 g/mol. The second kappa shape index (κ2) is 5.23. The van der Waals surface area contributed by atoms with Gasteiger partial charge in [0.15, 0.2) is 5.15 Å². The minimum absolute atomic E-state index is 0.0133. The molecule has 0 saturated heterocycles. The first-order valence-corrected chi connectivity index (χ1v) is 6.66. The van der Waals surface area contributed by atoms with E-state index in [0.29, 0.717) is 6.54 Å². The minimum atomic E-state index is -0.373. The van der Waals surface area contributed by atoms with E-state index in [0.717, 1.165) is 16.6 Å². The van der Waals surface area contributed by atoms with Crippen LogP contribution >= 0.6 is 23.2 Å². The predicted molar refractivity (Wildman–Crippen MR) is 79.4 cm³/mol. The number of rotatable bonds is 2. The molecule has 0 atom stereocenters. The van der Waals surface area contributed by atoms with E-state index in [1.807, 2.05) is 36.4 Å². The molecule has 0 bridgehead atoms. The van der Waals surface area contributed by atoms with Gasteiger partial charge < -0.3 is 0 Å². The highest BCUT2D eigenvalue weighted by Gasteiger charge is 2.08. The summed E-state index contributed by atoms with van der Waals surface area (Å²) >= 11 is 11.5. The molecule has 3 rings (SSSR count). The molecule has 0 radical (unpaired) electrons. The molecule has 100 valence electrons. The maximum atomic E-state index is 11.9. The van der Waals surface area contributed by atoms with Gasteiger partial charge in [0.1, 0.15) is 5.02 Å². The first-order chi connectivity index (χ1) is 9.65. The Morgan fingerprint density at radius 1 is 1.10 bits per heavy atom. The minimum Gasteiger partial charge on any atom is -0.292 e. The van der Waals surface area contributed by atoms with Crippen molar-refractivity contribution in [3.63, 3.8) is 0 Å². The summed E-state index contributed by atoms with van der Waals surface area (Å²) in [6.45, 7) is 0.299. The van der Waals surface area contributed by atoms with E-state index in [1.165, 1.54) is 10.9 Å². The van der Waals surface area contributed by atoms with Crippen LogP contribution in [0, 0.1) is 0 Å². The molecule has 2 heterocycles. The lowest BCUT2D eigenvalue weighted by molar-refractivity contribution is 0.722. The topological polar surface area (TPSA) is 47.8 Å². The van der Waals surface area contributed by atoms with Crippen molar-refractivity contribution in [2.75, 3.05) is 0 Å². The number of pyridine rings is 1. The van der Waals surface area contributed by atoms with Gasteiger partial charge in [-0.3, -0.25) is 14.3 Å². The molecule has 0 aliphatic carbocycles. The number of aromatic nitrogens is 3. The van der Waals surface area contributed by atoms with E-state index in [9.17, 15) is 4.79 Å². The lowest BCUT2D eigenvalue weighted by atomic mass is 10.2. The molecular weight excluding hydrogens is 297 g/mol. The Morgan fingerprint density at radius 3 is 2.75 bits per heavy atom. The van der Waals surface area contributed by atoms with Gasteiger partial charge in [-0.25, -0.2) is 4.98 Å². The zero-order chi connectivity index (χ0) is 14.1. The van der Waals surface area contributed by atoms with Gasteiger partial charge in [0, 0.05) is 5.39 Å². The van der Waals surface area contributed by atoms with Gasteiger partial charge in [-0.2, -0.15) is 0 Å². The molecule has 0 aliphatic rings. The van der Waals surface area contributed by atoms with Gasteiger partial charge in [0.2, 0.25) is 0 Å². The van der Waals surface area contributed by atoms with Crippen molar-refractivity contribution in [2.24, 2.45) is 0 Å². The van der Waals surface area contributed by atoms with Crippen LogP contribution < -0.4 is 5.56 Å². The monoisotopic (exact) mass is 305 g/mol. The van der Waals surface area contributed by atoms with Gasteiger partial charge in [0.25, 0.3) is 5.56 Å². The Kier molecular flexibility index (Phi) is 3.42. The highest BCUT2D eigenvalue weighted by molar-refractivity contribution is 6.40. The van der Waals surface area contributed by atoms with Crippen LogP contribution in [-0.4, -0.2) is 14.5 Å². The Hall–Kier alpha value is -1.91. The standard InChI is InChI=1S/C14H9Cl2N3O/c15-12-13(16)17-8-19(14(12)20)7-10-6-5-9-3-1-2-4-11(9)18-10/h1-6,8H,7H2. The van der Waals surface area contributed by atoms with Crippen LogP contribution in [0.3, 0.4) is 0 Å². The quantitative estimate of drug-likeness (QED) is 0.683. The summed E-state index contributed by atoms with van der Waals surface area (Å²) in [5, 5.41) is 0.991. The lowest BCUT2D eigenvalue weighted by Crippen LogP contribution is -2.22. The van der Waals surface area contributed by atoms with E-state index in [-0.39, 0.29) is 15.7 Å². The van der Waals surface area contributed by atoms with Crippen molar-refractivity contribution >= 4 is 34.1 Å². The maximum absolute atomic E-state index is 11.9. The van der Waals surface area contributed by atoms with Gasteiger partial charge in [-0.1, -0.05) is 47.5 Å². The molecule has 6 heteroatoms. The zero-order valence-electron chi connectivity index (χ0n) is 10.3. The number of fused-ring (bicyclic) bond motifs is 1.